The molecule has 120 valence electrons. The lowest BCUT2D eigenvalue weighted by Crippen LogP contribution is -2.22. The van der Waals surface area contributed by atoms with E-state index < -0.39 is 5.41 Å². The maximum Gasteiger partial charge on any atom is 0.130 e. The fourth-order valence-corrected chi connectivity index (χ4v) is 2.59. The summed E-state index contributed by atoms with van der Waals surface area (Å²) in [6.07, 6.45) is 5.93. The van der Waals surface area contributed by atoms with Gasteiger partial charge in [0.05, 0.1) is 5.41 Å². The molecular formula is C22H26O. The average molecular weight is 306 g/mol. The number of hydrogen-bond acceptors (Lipinski definition) is 1. The summed E-state index contributed by atoms with van der Waals surface area (Å²) in [4.78, 5) is 11.6. The molecule has 0 aliphatic rings. The van der Waals surface area contributed by atoms with Gasteiger partial charge in [-0.05, 0) is 35.4 Å². The third-order valence-electron chi connectivity index (χ3n) is 4.32. The molecule has 1 nitrogen and oxygen atoms in total. The van der Waals surface area contributed by atoms with Gasteiger partial charge < -0.3 is 4.79 Å². The molecule has 0 aromatic heterocycles. The molecule has 0 fully saturated rings. The fraction of sp³-hybridized carbons (Fsp3) is 0.318. The van der Waals surface area contributed by atoms with Gasteiger partial charge in [0.2, 0.25) is 0 Å². The Morgan fingerprint density at radius 2 is 1.43 bits per heavy atom. The van der Waals surface area contributed by atoms with Crippen LogP contribution in [0.15, 0.2) is 60.7 Å². The number of aldehydes is 1. The van der Waals surface area contributed by atoms with Gasteiger partial charge in [0.15, 0.2) is 0 Å². The normalized spacial score (nSPS) is 14.6. The fourth-order valence-electron chi connectivity index (χ4n) is 2.59. The van der Waals surface area contributed by atoms with E-state index in [1.54, 1.807) is 0 Å². The molecule has 0 aliphatic heterocycles. The minimum absolute atomic E-state index is 0.172. The number of carbonyl (C=O) groups excluding carboxylic acids is 1. The van der Waals surface area contributed by atoms with Gasteiger partial charge in [-0.2, -0.15) is 0 Å². The molecule has 0 N–H and O–H groups in total. The minimum atomic E-state index is -0.469. The summed E-state index contributed by atoms with van der Waals surface area (Å²) < 4.78 is 0. The molecule has 0 spiro atoms. The van der Waals surface area contributed by atoms with Crippen LogP contribution in [0.4, 0.5) is 0 Å². The van der Waals surface area contributed by atoms with Crippen molar-refractivity contribution in [3.63, 3.8) is 0 Å². The van der Waals surface area contributed by atoms with Crippen LogP contribution in [0.5, 0.6) is 0 Å². The van der Waals surface area contributed by atoms with Crippen molar-refractivity contribution in [2.24, 2.45) is 0 Å². The summed E-state index contributed by atoms with van der Waals surface area (Å²) >= 11 is 0. The Hall–Kier alpha value is -2.15. The van der Waals surface area contributed by atoms with Crippen LogP contribution < -0.4 is 0 Å². The Kier molecular flexibility index (Phi) is 5.20. The molecule has 0 unspecified atom stereocenters. The predicted octanol–water partition coefficient (Wildman–Crippen LogP) is 5.54. The van der Waals surface area contributed by atoms with Gasteiger partial charge in [0, 0.05) is 0 Å². The summed E-state index contributed by atoms with van der Waals surface area (Å²) in [5.41, 5.74) is 3.26. The molecule has 0 amide bonds. The zero-order valence-corrected chi connectivity index (χ0v) is 14.5. The van der Waals surface area contributed by atoms with Crippen LogP contribution in [-0.4, -0.2) is 6.29 Å². The van der Waals surface area contributed by atoms with E-state index in [0.717, 1.165) is 11.8 Å². The van der Waals surface area contributed by atoms with E-state index in [1.807, 2.05) is 37.3 Å². The highest BCUT2D eigenvalue weighted by Crippen LogP contribution is 2.26. The van der Waals surface area contributed by atoms with E-state index in [-0.39, 0.29) is 5.41 Å². The third kappa shape index (κ3) is 4.41. The highest BCUT2D eigenvalue weighted by molar-refractivity contribution is 5.68. The molecule has 1 heteroatoms. The molecule has 0 radical (unpaired) electrons. The van der Waals surface area contributed by atoms with Crippen LogP contribution >= 0.6 is 0 Å². The van der Waals surface area contributed by atoms with Crippen LogP contribution in [0.3, 0.4) is 0 Å². The van der Waals surface area contributed by atoms with Gasteiger partial charge in [-0.1, -0.05) is 87.5 Å². The molecule has 1 atom stereocenters. The minimum Gasteiger partial charge on any atom is -0.302 e. The molecule has 2 aromatic carbocycles. The molecule has 0 heterocycles. The van der Waals surface area contributed by atoms with E-state index in [1.165, 1.54) is 11.1 Å². The van der Waals surface area contributed by atoms with Gasteiger partial charge >= 0.3 is 0 Å². The molecule has 0 saturated carbocycles. The third-order valence-corrected chi connectivity index (χ3v) is 4.32. The first-order valence-electron chi connectivity index (χ1n) is 8.14. The molecule has 0 aliphatic carbocycles. The summed E-state index contributed by atoms with van der Waals surface area (Å²) in [7, 11) is 0. The second kappa shape index (κ2) is 6.95. The Morgan fingerprint density at radius 3 is 1.96 bits per heavy atom. The second-order valence-electron chi connectivity index (χ2n) is 7.38. The highest BCUT2D eigenvalue weighted by atomic mass is 16.1. The van der Waals surface area contributed by atoms with Crippen molar-refractivity contribution in [3.05, 3.63) is 77.4 Å². The van der Waals surface area contributed by atoms with Gasteiger partial charge in [-0.25, -0.2) is 0 Å². The Bertz CT molecular complexity index is 659. The lowest BCUT2D eigenvalue weighted by Gasteiger charge is -2.21. The Labute approximate surface area is 140 Å². The Morgan fingerprint density at radius 1 is 0.826 bits per heavy atom. The van der Waals surface area contributed by atoms with Crippen molar-refractivity contribution < 1.29 is 4.79 Å². The monoisotopic (exact) mass is 306 g/mol. The molecular weight excluding hydrogens is 280 g/mol. The van der Waals surface area contributed by atoms with Crippen LogP contribution in [0.1, 0.15) is 50.8 Å². The Balaban J connectivity index is 2.10. The maximum atomic E-state index is 11.6. The van der Waals surface area contributed by atoms with E-state index >= 15 is 0 Å². The standard InChI is InChI=1S/C22H26O/c1-21(2,3)19-14-12-18(13-15-19)9-8-16-22(4,17-23)20-10-6-5-7-11-20/h5-15,17H,16H2,1-4H3/b9-8+/t22-/m1/s1. The number of hydrogen-bond donors (Lipinski definition) is 0. The highest BCUT2D eigenvalue weighted by Gasteiger charge is 2.24. The van der Waals surface area contributed by atoms with Crippen molar-refractivity contribution >= 4 is 12.4 Å². The van der Waals surface area contributed by atoms with Gasteiger partial charge in [0.25, 0.3) is 0 Å². The molecule has 23 heavy (non-hydrogen) atoms. The van der Waals surface area contributed by atoms with Gasteiger partial charge in [-0.3, -0.25) is 0 Å². The average Bonchev–Trinajstić information content (AvgIpc) is 2.55. The quantitative estimate of drug-likeness (QED) is 0.662. The maximum absolute atomic E-state index is 11.6. The van der Waals surface area contributed by atoms with Crippen LogP contribution in [0, 0.1) is 0 Å². The first kappa shape index (κ1) is 17.2. The van der Waals surface area contributed by atoms with Crippen molar-refractivity contribution in [2.75, 3.05) is 0 Å². The van der Waals surface area contributed by atoms with Gasteiger partial charge in [-0.15, -0.1) is 0 Å². The molecule has 2 aromatic rings. The first-order valence-corrected chi connectivity index (χ1v) is 8.14. The zero-order valence-electron chi connectivity index (χ0n) is 14.5. The van der Waals surface area contributed by atoms with Gasteiger partial charge in [0.1, 0.15) is 6.29 Å². The summed E-state index contributed by atoms with van der Waals surface area (Å²) in [5, 5.41) is 0. The smallest absolute Gasteiger partial charge is 0.130 e. The van der Waals surface area contributed by atoms with Crippen LogP contribution in [0.2, 0.25) is 0 Å². The van der Waals surface area contributed by atoms with E-state index in [0.29, 0.717) is 6.42 Å². The predicted molar refractivity (Wildman–Crippen MR) is 98.7 cm³/mol. The van der Waals surface area contributed by atoms with Crippen LogP contribution in [0.25, 0.3) is 6.08 Å². The number of rotatable bonds is 5. The van der Waals surface area contributed by atoms with E-state index in [9.17, 15) is 4.79 Å². The van der Waals surface area contributed by atoms with E-state index in [2.05, 4.69) is 57.2 Å². The number of benzene rings is 2. The lowest BCUT2D eigenvalue weighted by atomic mass is 9.81. The topological polar surface area (TPSA) is 17.1 Å². The molecule has 0 bridgehead atoms. The number of allylic oxidation sites excluding steroid dienone is 1. The largest absolute Gasteiger partial charge is 0.302 e. The first-order chi connectivity index (χ1) is 10.8. The van der Waals surface area contributed by atoms with Crippen molar-refractivity contribution in [1.82, 2.24) is 0 Å². The van der Waals surface area contributed by atoms with E-state index in [4.69, 9.17) is 0 Å². The lowest BCUT2D eigenvalue weighted by molar-refractivity contribution is -0.112. The SMILES string of the molecule is CC(C)(C)c1ccc(/C=C/C[C@](C)(C=O)c2ccccc2)cc1. The summed E-state index contributed by atoms with van der Waals surface area (Å²) in [6.45, 7) is 8.63. The molecule has 0 saturated heterocycles. The number of carbonyl (C=O) groups is 1. The molecule has 2 rings (SSSR count). The van der Waals surface area contributed by atoms with Crippen molar-refractivity contribution in [1.29, 1.82) is 0 Å². The second-order valence-corrected chi connectivity index (χ2v) is 7.38. The summed E-state index contributed by atoms with van der Waals surface area (Å²) in [5.74, 6) is 0. The van der Waals surface area contributed by atoms with Crippen molar-refractivity contribution in [2.45, 2.75) is 44.9 Å². The summed E-state index contributed by atoms with van der Waals surface area (Å²) in [6, 6.07) is 18.6. The van der Waals surface area contributed by atoms with Crippen molar-refractivity contribution in [3.8, 4) is 0 Å². The van der Waals surface area contributed by atoms with Crippen LogP contribution in [-0.2, 0) is 15.6 Å². The zero-order chi connectivity index (χ0) is 16.9.